The summed E-state index contributed by atoms with van der Waals surface area (Å²) in [7, 11) is 1.95. The molecule has 2 rings (SSSR count). The number of guanidine groups is 1. The summed E-state index contributed by atoms with van der Waals surface area (Å²) in [6.45, 7) is 9.90. The van der Waals surface area contributed by atoms with Crippen LogP contribution in [0.1, 0.15) is 56.9 Å². The fraction of sp³-hybridized carbons (Fsp3) is 0.591. The molecule has 0 aliphatic heterocycles. The summed E-state index contributed by atoms with van der Waals surface area (Å²) in [5.74, 6) is 3.43. The predicted molar refractivity (Wildman–Crippen MR) is 133 cm³/mol. The molecule has 0 aliphatic carbocycles. The second-order valence-electron chi connectivity index (χ2n) is 8.05. The molecule has 7 nitrogen and oxygen atoms in total. The van der Waals surface area contributed by atoms with E-state index in [9.17, 15) is 5.11 Å². The van der Waals surface area contributed by atoms with Crippen molar-refractivity contribution in [3.63, 3.8) is 0 Å². The van der Waals surface area contributed by atoms with Crippen LogP contribution in [0.3, 0.4) is 0 Å². The number of aliphatic hydroxyl groups is 1. The van der Waals surface area contributed by atoms with E-state index in [0.717, 1.165) is 37.0 Å². The van der Waals surface area contributed by atoms with Gasteiger partial charge in [0.05, 0.1) is 6.04 Å². The highest BCUT2D eigenvalue weighted by molar-refractivity contribution is 14.0. The molecule has 0 aliphatic rings. The summed E-state index contributed by atoms with van der Waals surface area (Å²) in [6, 6.07) is 10.4. The zero-order valence-corrected chi connectivity index (χ0v) is 21.1. The molecule has 2 unspecified atom stereocenters. The van der Waals surface area contributed by atoms with Crippen LogP contribution in [0.4, 0.5) is 0 Å². The maximum atomic E-state index is 9.40. The van der Waals surface area contributed by atoms with E-state index in [1.807, 2.05) is 36.7 Å². The number of aryl methyl sites for hydroxylation is 1. The molecular formula is C22H37IN6O. The van der Waals surface area contributed by atoms with Crippen LogP contribution in [0.15, 0.2) is 35.3 Å². The number of hydrogen-bond acceptors (Lipinski definition) is 4. The van der Waals surface area contributed by atoms with Gasteiger partial charge in [0.15, 0.2) is 11.8 Å². The molecule has 0 amide bonds. The number of benzene rings is 1. The van der Waals surface area contributed by atoms with Gasteiger partial charge >= 0.3 is 0 Å². The van der Waals surface area contributed by atoms with Gasteiger partial charge in [-0.05, 0) is 44.1 Å². The number of nitrogens with zero attached hydrogens (tertiary/aromatic N) is 4. The number of hydrogen-bond donors (Lipinski definition) is 3. The Labute approximate surface area is 197 Å². The molecule has 1 heterocycles. The summed E-state index contributed by atoms with van der Waals surface area (Å²) in [4.78, 5) is 4.75. The highest BCUT2D eigenvalue weighted by Gasteiger charge is 2.14. The zero-order chi connectivity index (χ0) is 21.2. The molecule has 1 aromatic carbocycles. The van der Waals surface area contributed by atoms with Crippen LogP contribution in [0.5, 0.6) is 0 Å². The summed E-state index contributed by atoms with van der Waals surface area (Å²) < 4.78 is 1.95. The number of aliphatic imine (C=N–C) groups is 1. The number of halogens is 1. The Morgan fingerprint density at radius 3 is 2.43 bits per heavy atom. The Morgan fingerprint density at radius 2 is 1.87 bits per heavy atom. The molecule has 0 bridgehead atoms. The first-order valence-corrected chi connectivity index (χ1v) is 10.5. The molecule has 2 aromatic rings. The molecule has 0 saturated heterocycles. The number of rotatable bonds is 10. The van der Waals surface area contributed by atoms with Crippen LogP contribution < -0.4 is 10.6 Å². The Kier molecular flexibility index (Phi) is 11.9. The highest BCUT2D eigenvalue weighted by Crippen LogP contribution is 2.15. The van der Waals surface area contributed by atoms with Crippen molar-refractivity contribution in [1.82, 2.24) is 25.4 Å². The highest BCUT2D eigenvalue weighted by atomic mass is 127. The molecule has 0 fully saturated rings. The largest absolute Gasteiger partial charge is 0.396 e. The lowest BCUT2D eigenvalue weighted by Gasteiger charge is -2.23. The van der Waals surface area contributed by atoms with Crippen LogP contribution >= 0.6 is 24.0 Å². The normalized spacial score (nSPS) is 13.6. The molecule has 8 heteroatoms. The fourth-order valence-electron chi connectivity index (χ4n) is 3.31. The van der Waals surface area contributed by atoms with E-state index in [2.05, 4.69) is 53.7 Å². The van der Waals surface area contributed by atoms with Gasteiger partial charge in [-0.15, -0.1) is 34.2 Å². The number of aromatic nitrogens is 3. The average Bonchev–Trinajstić information content (AvgIpc) is 3.02. The summed E-state index contributed by atoms with van der Waals surface area (Å²) in [5, 5.41) is 24.7. The van der Waals surface area contributed by atoms with Gasteiger partial charge < -0.3 is 20.3 Å². The zero-order valence-electron chi connectivity index (χ0n) is 18.8. The Hall–Kier alpha value is -1.68. The lowest BCUT2D eigenvalue weighted by molar-refractivity contribution is 0.242. The summed E-state index contributed by atoms with van der Waals surface area (Å²) in [5.41, 5.74) is 1.20. The van der Waals surface area contributed by atoms with Gasteiger partial charge in [0, 0.05) is 20.2 Å². The van der Waals surface area contributed by atoms with Crippen molar-refractivity contribution >= 4 is 29.9 Å². The van der Waals surface area contributed by atoms with E-state index in [0.29, 0.717) is 18.4 Å². The number of nitrogens with one attached hydrogen (secondary N) is 2. The molecule has 0 spiro atoms. The van der Waals surface area contributed by atoms with E-state index < -0.39 is 0 Å². The molecule has 2 atom stereocenters. The van der Waals surface area contributed by atoms with Gasteiger partial charge in [-0.25, -0.2) is 4.99 Å². The van der Waals surface area contributed by atoms with E-state index in [-0.39, 0.29) is 36.6 Å². The minimum Gasteiger partial charge on any atom is -0.396 e. The molecule has 168 valence electrons. The number of aliphatic hydroxyl groups excluding tert-OH is 1. The second-order valence-corrected chi connectivity index (χ2v) is 8.05. The summed E-state index contributed by atoms with van der Waals surface area (Å²) >= 11 is 0. The third-order valence-electron chi connectivity index (χ3n) is 5.11. The van der Waals surface area contributed by atoms with Crippen molar-refractivity contribution in [2.45, 2.75) is 53.1 Å². The van der Waals surface area contributed by atoms with Crippen molar-refractivity contribution in [2.24, 2.45) is 23.9 Å². The first kappa shape index (κ1) is 26.4. The molecule has 0 saturated carbocycles. The SMILES string of the molecule is Cc1nnc(CN=C(NCC(CCO)CC(C)C)NC(C)c2ccccc2)n1C.I. The smallest absolute Gasteiger partial charge is 0.192 e. The maximum Gasteiger partial charge on any atom is 0.192 e. The van der Waals surface area contributed by atoms with Crippen LogP contribution in [-0.2, 0) is 13.6 Å². The van der Waals surface area contributed by atoms with Crippen LogP contribution in [0, 0.1) is 18.8 Å². The molecule has 1 aromatic heterocycles. The first-order chi connectivity index (χ1) is 13.9. The van der Waals surface area contributed by atoms with Gasteiger partial charge in [-0.1, -0.05) is 44.2 Å². The van der Waals surface area contributed by atoms with Gasteiger partial charge in [0.25, 0.3) is 0 Å². The summed E-state index contributed by atoms with van der Waals surface area (Å²) in [6.07, 6.45) is 1.85. The third-order valence-corrected chi connectivity index (χ3v) is 5.11. The van der Waals surface area contributed by atoms with Crippen LogP contribution in [-0.4, -0.2) is 39.0 Å². The predicted octanol–water partition coefficient (Wildman–Crippen LogP) is 3.58. The lowest BCUT2D eigenvalue weighted by atomic mass is 9.94. The molecule has 3 N–H and O–H groups in total. The fourth-order valence-corrected chi connectivity index (χ4v) is 3.31. The van der Waals surface area contributed by atoms with E-state index >= 15 is 0 Å². The standard InChI is InChI=1S/C22H36N6O.HI/c1-16(2)13-19(11-12-29)14-23-22(24-15-21-27-26-18(4)28(21)5)25-17(3)20-9-7-6-8-10-20;/h6-10,16-17,19,29H,11-15H2,1-5H3,(H2,23,24,25);1H. The van der Waals surface area contributed by atoms with Crippen molar-refractivity contribution in [3.05, 3.63) is 47.5 Å². The molecule has 0 radical (unpaired) electrons. The maximum absolute atomic E-state index is 9.40. The monoisotopic (exact) mass is 528 g/mol. The quantitative estimate of drug-likeness (QED) is 0.249. The second kappa shape index (κ2) is 13.6. The lowest BCUT2D eigenvalue weighted by Crippen LogP contribution is -2.41. The van der Waals surface area contributed by atoms with Gasteiger partial charge in [0.1, 0.15) is 12.4 Å². The van der Waals surface area contributed by atoms with E-state index in [4.69, 9.17) is 4.99 Å². The van der Waals surface area contributed by atoms with E-state index in [1.165, 1.54) is 5.56 Å². The van der Waals surface area contributed by atoms with Crippen molar-refractivity contribution in [2.75, 3.05) is 13.2 Å². The van der Waals surface area contributed by atoms with Crippen molar-refractivity contribution in [1.29, 1.82) is 0 Å². The van der Waals surface area contributed by atoms with Gasteiger partial charge in [-0.3, -0.25) is 0 Å². The van der Waals surface area contributed by atoms with Crippen molar-refractivity contribution < 1.29 is 5.11 Å². The Morgan fingerprint density at radius 1 is 1.17 bits per heavy atom. The topological polar surface area (TPSA) is 87.4 Å². The minimum absolute atomic E-state index is 0. The Bertz CT molecular complexity index is 762. The Balaban J connectivity index is 0.00000450. The minimum atomic E-state index is 0. The van der Waals surface area contributed by atoms with Crippen LogP contribution in [0.2, 0.25) is 0 Å². The molecule has 30 heavy (non-hydrogen) atoms. The third kappa shape index (κ3) is 8.59. The van der Waals surface area contributed by atoms with Crippen LogP contribution in [0.25, 0.3) is 0 Å². The average molecular weight is 528 g/mol. The van der Waals surface area contributed by atoms with Gasteiger partial charge in [-0.2, -0.15) is 0 Å². The van der Waals surface area contributed by atoms with E-state index in [1.54, 1.807) is 0 Å². The first-order valence-electron chi connectivity index (χ1n) is 10.5. The molecular weight excluding hydrogens is 491 g/mol. The van der Waals surface area contributed by atoms with Gasteiger partial charge in [0.2, 0.25) is 0 Å². The van der Waals surface area contributed by atoms with Crippen molar-refractivity contribution in [3.8, 4) is 0 Å².